The fourth-order valence-corrected chi connectivity index (χ4v) is 6.65. The van der Waals surface area contributed by atoms with Crippen LogP contribution in [0.4, 0.5) is 0 Å². The van der Waals surface area contributed by atoms with E-state index in [0.29, 0.717) is 0 Å². The summed E-state index contributed by atoms with van der Waals surface area (Å²) in [5.41, 5.74) is 0. The van der Waals surface area contributed by atoms with Crippen molar-refractivity contribution in [1.82, 2.24) is 0 Å². The van der Waals surface area contributed by atoms with Crippen molar-refractivity contribution >= 4 is 17.9 Å². The van der Waals surface area contributed by atoms with Gasteiger partial charge in [-0.1, -0.05) is 0 Å². The second-order valence-electron chi connectivity index (χ2n) is 5.18. The fourth-order valence-electron chi connectivity index (χ4n) is 2.90. The van der Waals surface area contributed by atoms with E-state index in [-0.39, 0.29) is 0 Å². The van der Waals surface area contributed by atoms with Gasteiger partial charge in [0.25, 0.3) is 0 Å². The molecule has 1 heteroatoms. The van der Waals surface area contributed by atoms with E-state index in [1.165, 1.54) is 10.6 Å². The van der Waals surface area contributed by atoms with Gasteiger partial charge in [-0.2, -0.15) is 0 Å². The van der Waals surface area contributed by atoms with Crippen LogP contribution in [0, 0.1) is 0 Å². The molecule has 0 saturated heterocycles. The van der Waals surface area contributed by atoms with E-state index in [4.69, 9.17) is 0 Å². The predicted octanol–water partition coefficient (Wildman–Crippen LogP) is 3.86. The van der Waals surface area contributed by atoms with Crippen LogP contribution in [-0.2, 0) is 0 Å². The van der Waals surface area contributed by atoms with Crippen molar-refractivity contribution in [3.63, 3.8) is 0 Å². The molecule has 0 radical (unpaired) electrons. The van der Waals surface area contributed by atoms with Crippen LogP contribution in [0.3, 0.4) is 0 Å². The van der Waals surface area contributed by atoms with Gasteiger partial charge >= 0.3 is 115 Å². The van der Waals surface area contributed by atoms with Crippen molar-refractivity contribution < 1.29 is 0 Å². The standard InChI is InChI=1S/C18H19P/c1-19(18-14-8-9-15-18,16-10-4-2-5-11-16)17-12-6-3-7-13-17/h2-14,19H,15H2,1H3. The summed E-state index contributed by atoms with van der Waals surface area (Å²) in [7, 11) is -1.77. The number of hydrogen-bond donors (Lipinski definition) is 0. The SMILES string of the molecule is C[PH](C1=CC=CC1)(c1ccccc1)c1ccccc1. The number of allylic oxidation sites excluding steroid dienone is 4. The fraction of sp³-hybridized carbons (Fsp3) is 0.111. The van der Waals surface area contributed by atoms with Gasteiger partial charge in [0.15, 0.2) is 0 Å². The van der Waals surface area contributed by atoms with Gasteiger partial charge in [0.05, 0.1) is 0 Å². The van der Waals surface area contributed by atoms with Gasteiger partial charge in [0.2, 0.25) is 0 Å². The molecule has 3 rings (SSSR count). The quantitative estimate of drug-likeness (QED) is 0.740. The summed E-state index contributed by atoms with van der Waals surface area (Å²) in [6, 6.07) is 22.0. The maximum atomic E-state index is 2.47. The summed E-state index contributed by atoms with van der Waals surface area (Å²) in [4.78, 5) is 0. The Morgan fingerprint density at radius 2 is 1.32 bits per heavy atom. The summed E-state index contributed by atoms with van der Waals surface area (Å²) >= 11 is 0. The summed E-state index contributed by atoms with van der Waals surface area (Å²) in [5, 5.41) is 4.59. The van der Waals surface area contributed by atoms with Gasteiger partial charge in [-0.05, 0) is 0 Å². The van der Waals surface area contributed by atoms with Crippen LogP contribution in [0.5, 0.6) is 0 Å². The average molecular weight is 266 g/mol. The van der Waals surface area contributed by atoms with Crippen molar-refractivity contribution in [3.8, 4) is 0 Å². The second-order valence-corrected chi connectivity index (χ2v) is 9.23. The first-order valence-electron chi connectivity index (χ1n) is 6.79. The van der Waals surface area contributed by atoms with Crippen LogP contribution in [0.25, 0.3) is 0 Å². The molecule has 0 spiro atoms. The van der Waals surface area contributed by atoms with Crippen LogP contribution in [0.15, 0.2) is 84.2 Å². The summed E-state index contributed by atoms with van der Waals surface area (Å²) in [5.74, 6) is 0. The normalized spacial score (nSPS) is 15.3. The molecule has 0 heterocycles. The molecule has 0 unspecified atom stereocenters. The third-order valence-electron chi connectivity index (χ3n) is 4.12. The van der Waals surface area contributed by atoms with Gasteiger partial charge < -0.3 is 0 Å². The zero-order valence-corrected chi connectivity index (χ0v) is 12.2. The van der Waals surface area contributed by atoms with Crippen molar-refractivity contribution in [2.24, 2.45) is 0 Å². The van der Waals surface area contributed by atoms with Crippen molar-refractivity contribution in [2.45, 2.75) is 6.42 Å². The molecule has 0 atom stereocenters. The molecule has 2 aromatic carbocycles. The Labute approximate surface area is 115 Å². The van der Waals surface area contributed by atoms with Gasteiger partial charge in [0, 0.05) is 0 Å². The first-order valence-corrected chi connectivity index (χ1v) is 9.29. The van der Waals surface area contributed by atoms with Crippen molar-refractivity contribution in [1.29, 1.82) is 0 Å². The van der Waals surface area contributed by atoms with E-state index >= 15 is 0 Å². The molecule has 0 N–H and O–H groups in total. The van der Waals surface area contributed by atoms with E-state index in [1.807, 2.05) is 0 Å². The Balaban J connectivity index is 2.17. The Kier molecular flexibility index (Phi) is 3.36. The molecular weight excluding hydrogens is 247 g/mol. The predicted molar refractivity (Wildman–Crippen MR) is 88.2 cm³/mol. The molecule has 0 nitrogen and oxygen atoms in total. The van der Waals surface area contributed by atoms with E-state index < -0.39 is 7.26 Å². The van der Waals surface area contributed by atoms with Gasteiger partial charge in [-0.3, -0.25) is 0 Å². The summed E-state index contributed by atoms with van der Waals surface area (Å²) < 4.78 is 0. The molecule has 0 bridgehead atoms. The van der Waals surface area contributed by atoms with Gasteiger partial charge in [-0.25, -0.2) is 0 Å². The van der Waals surface area contributed by atoms with Crippen LogP contribution >= 0.6 is 7.26 Å². The number of hydrogen-bond acceptors (Lipinski definition) is 0. The first kappa shape index (κ1) is 12.4. The molecule has 0 aliphatic heterocycles. The summed E-state index contributed by atoms with van der Waals surface area (Å²) in [6.45, 7) is 2.47. The Hall–Kier alpha value is -1.65. The van der Waals surface area contributed by atoms with E-state index in [9.17, 15) is 0 Å². The molecule has 1 aliphatic carbocycles. The van der Waals surface area contributed by atoms with Gasteiger partial charge in [0.1, 0.15) is 0 Å². The average Bonchev–Trinajstić information content (AvgIpc) is 3.03. The van der Waals surface area contributed by atoms with Crippen LogP contribution in [0.2, 0.25) is 0 Å². The van der Waals surface area contributed by atoms with E-state index in [1.54, 1.807) is 5.31 Å². The molecule has 0 fully saturated rings. The minimum absolute atomic E-state index is 1.10. The number of benzene rings is 2. The van der Waals surface area contributed by atoms with Crippen LogP contribution in [0.1, 0.15) is 6.42 Å². The number of rotatable bonds is 3. The molecule has 2 aromatic rings. The zero-order chi connectivity index (χ0) is 13.1. The van der Waals surface area contributed by atoms with Crippen molar-refractivity contribution in [3.05, 3.63) is 84.2 Å². The molecule has 0 saturated carbocycles. The second kappa shape index (κ2) is 5.15. The molecular formula is C18H19P. The molecule has 0 aromatic heterocycles. The Morgan fingerprint density at radius 3 is 1.74 bits per heavy atom. The third-order valence-corrected chi connectivity index (χ3v) is 8.75. The Morgan fingerprint density at radius 1 is 0.789 bits per heavy atom. The molecule has 19 heavy (non-hydrogen) atoms. The van der Waals surface area contributed by atoms with Gasteiger partial charge in [-0.15, -0.1) is 0 Å². The van der Waals surface area contributed by atoms with E-state index in [2.05, 4.69) is 85.6 Å². The topological polar surface area (TPSA) is 0 Å². The zero-order valence-electron chi connectivity index (χ0n) is 11.2. The summed E-state index contributed by atoms with van der Waals surface area (Å²) in [6.07, 6.45) is 7.90. The Bertz CT molecular complexity index is 569. The minimum atomic E-state index is -1.77. The first-order chi connectivity index (χ1) is 9.32. The van der Waals surface area contributed by atoms with Crippen LogP contribution in [-0.4, -0.2) is 6.66 Å². The monoisotopic (exact) mass is 266 g/mol. The van der Waals surface area contributed by atoms with E-state index in [0.717, 1.165) is 6.42 Å². The van der Waals surface area contributed by atoms with Crippen molar-refractivity contribution in [2.75, 3.05) is 6.66 Å². The van der Waals surface area contributed by atoms with Crippen LogP contribution < -0.4 is 10.6 Å². The third kappa shape index (κ3) is 2.17. The maximum absolute atomic E-state index is 2.47. The molecule has 0 amide bonds. The molecule has 96 valence electrons. The molecule has 1 aliphatic rings.